The molecule has 1 heterocycles. The van der Waals surface area contributed by atoms with E-state index in [2.05, 4.69) is 4.98 Å². The summed E-state index contributed by atoms with van der Waals surface area (Å²) in [4.78, 5) is 16.8. The average Bonchev–Trinajstić information content (AvgIpc) is 2.84. The predicted octanol–water partition coefficient (Wildman–Crippen LogP) is 3.56. The zero-order chi connectivity index (χ0) is 14.5. The Morgan fingerprint density at radius 3 is 2.85 bits per heavy atom. The van der Waals surface area contributed by atoms with Gasteiger partial charge in [-0.15, -0.1) is 11.3 Å². The SMILES string of the molecule is CCOc1cccc(-c2nc(COC)c(C(C)=O)s2)c1. The summed E-state index contributed by atoms with van der Waals surface area (Å²) >= 11 is 1.39. The van der Waals surface area contributed by atoms with E-state index < -0.39 is 0 Å². The van der Waals surface area contributed by atoms with Crippen LogP contribution in [0.5, 0.6) is 5.75 Å². The van der Waals surface area contributed by atoms with Gasteiger partial charge in [-0.2, -0.15) is 0 Å². The van der Waals surface area contributed by atoms with Crippen molar-refractivity contribution in [2.75, 3.05) is 13.7 Å². The number of benzene rings is 1. The maximum absolute atomic E-state index is 11.6. The van der Waals surface area contributed by atoms with Crippen LogP contribution in [-0.4, -0.2) is 24.5 Å². The summed E-state index contributed by atoms with van der Waals surface area (Å²) in [5, 5.41) is 0.809. The highest BCUT2D eigenvalue weighted by Crippen LogP contribution is 2.30. The Kier molecular flexibility index (Phi) is 4.87. The Morgan fingerprint density at radius 1 is 1.40 bits per heavy atom. The number of methoxy groups -OCH3 is 1. The third kappa shape index (κ3) is 3.23. The summed E-state index contributed by atoms with van der Waals surface area (Å²) in [5.74, 6) is 0.819. The van der Waals surface area contributed by atoms with Gasteiger partial charge in [-0.3, -0.25) is 4.79 Å². The van der Waals surface area contributed by atoms with E-state index in [9.17, 15) is 4.79 Å². The van der Waals surface area contributed by atoms with Gasteiger partial charge in [0.1, 0.15) is 10.8 Å². The van der Waals surface area contributed by atoms with Crippen LogP contribution in [0.3, 0.4) is 0 Å². The standard InChI is InChI=1S/C15H17NO3S/c1-4-19-12-7-5-6-11(8-12)15-16-13(9-18-3)14(20-15)10(2)17/h5-8H,4,9H2,1-3H3. The Labute approximate surface area is 122 Å². The second-order valence-corrected chi connectivity index (χ2v) is 5.24. The Hall–Kier alpha value is -1.72. The minimum absolute atomic E-state index is 0.0155. The predicted molar refractivity (Wildman–Crippen MR) is 79.4 cm³/mol. The van der Waals surface area contributed by atoms with Crippen molar-refractivity contribution in [1.82, 2.24) is 4.98 Å². The zero-order valence-electron chi connectivity index (χ0n) is 11.8. The van der Waals surface area contributed by atoms with Gasteiger partial charge in [-0.1, -0.05) is 12.1 Å². The van der Waals surface area contributed by atoms with Crippen LogP contribution in [0.15, 0.2) is 24.3 Å². The molecule has 0 N–H and O–H groups in total. The number of hydrogen-bond donors (Lipinski definition) is 0. The largest absolute Gasteiger partial charge is 0.494 e. The maximum atomic E-state index is 11.6. The number of nitrogens with zero attached hydrogens (tertiary/aromatic N) is 1. The number of carbonyl (C=O) groups excluding carboxylic acids is 1. The summed E-state index contributed by atoms with van der Waals surface area (Å²) < 4.78 is 10.6. The van der Waals surface area contributed by atoms with Crippen LogP contribution < -0.4 is 4.74 Å². The van der Waals surface area contributed by atoms with Crippen LogP contribution in [0.4, 0.5) is 0 Å². The topological polar surface area (TPSA) is 48.4 Å². The van der Waals surface area contributed by atoms with Crippen molar-refractivity contribution < 1.29 is 14.3 Å². The fourth-order valence-corrected chi connectivity index (χ4v) is 2.83. The molecule has 5 heteroatoms. The second kappa shape index (κ2) is 6.63. The first-order valence-electron chi connectivity index (χ1n) is 6.38. The van der Waals surface area contributed by atoms with Crippen molar-refractivity contribution in [3.63, 3.8) is 0 Å². The fourth-order valence-electron chi connectivity index (χ4n) is 1.87. The molecule has 106 valence electrons. The smallest absolute Gasteiger partial charge is 0.171 e. The molecule has 0 aliphatic carbocycles. The number of ether oxygens (including phenoxy) is 2. The average molecular weight is 291 g/mol. The lowest BCUT2D eigenvalue weighted by Gasteiger charge is -2.03. The summed E-state index contributed by atoms with van der Waals surface area (Å²) in [6.45, 7) is 4.46. The summed E-state index contributed by atoms with van der Waals surface area (Å²) in [6, 6.07) is 7.72. The highest BCUT2D eigenvalue weighted by atomic mass is 32.1. The second-order valence-electron chi connectivity index (χ2n) is 4.24. The van der Waals surface area contributed by atoms with E-state index in [0.29, 0.717) is 23.8 Å². The van der Waals surface area contributed by atoms with Gasteiger partial charge in [0, 0.05) is 19.6 Å². The van der Waals surface area contributed by atoms with E-state index in [-0.39, 0.29) is 5.78 Å². The van der Waals surface area contributed by atoms with Crippen LogP contribution in [0.25, 0.3) is 10.6 Å². The van der Waals surface area contributed by atoms with Gasteiger partial charge in [0.15, 0.2) is 5.78 Å². The first-order chi connectivity index (χ1) is 9.65. The van der Waals surface area contributed by atoms with Gasteiger partial charge >= 0.3 is 0 Å². The molecule has 0 bridgehead atoms. The first kappa shape index (κ1) is 14.7. The highest BCUT2D eigenvalue weighted by Gasteiger charge is 2.16. The third-order valence-corrected chi connectivity index (χ3v) is 3.94. The minimum Gasteiger partial charge on any atom is -0.494 e. The van der Waals surface area contributed by atoms with Crippen molar-refractivity contribution in [1.29, 1.82) is 0 Å². The number of ketones is 1. The van der Waals surface area contributed by atoms with Crippen molar-refractivity contribution in [2.45, 2.75) is 20.5 Å². The zero-order valence-corrected chi connectivity index (χ0v) is 12.6. The van der Waals surface area contributed by atoms with Crippen molar-refractivity contribution in [3.05, 3.63) is 34.8 Å². The number of hydrogen-bond acceptors (Lipinski definition) is 5. The first-order valence-corrected chi connectivity index (χ1v) is 7.20. The molecule has 0 amide bonds. The van der Waals surface area contributed by atoms with E-state index in [1.165, 1.54) is 11.3 Å². The molecular weight excluding hydrogens is 274 g/mol. The molecule has 0 saturated heterocycles. The Balaban J connectivity index is 2.39. The molecule has 0 aliphatic rings. The van der Waals surface area contributed by atoms with E-state index >= 15 is 0 Å². The fraction of sp³-hybridized carbons (Fsp3) is 0.333. The van der Waals surface area contributed by atoms with Crippen LogP contribution in [0.1, 0.15) is 29.2 Å². The normalized spacial score (nSPS) is 10.6. The summed E-state index contributed by atoms with van der Waals surface area (Å²) in [7, 11) is 1.60. The van der Waals surface area contributed by atoms with E-state index in [4.69, 9.17) is 9.47 Å². The third-order valence-electron chi connectivity index (χ3n) is 2.69. The van der Waals surface area contributed by atoms with Gasteiger partial charge in [-0.05, 0) is 19.1 Å². The molecule has 0 aliphatic heterocycles. The highest BCUT2D eigenvalue weighted by molar-refractivity contribution is 7.17. The lowest BCUT2D eigenvalue weighted by atomic mass is 10.2. The molecule has 0 fully saturated rings. The maximum Gasteiger partial charge on any atom is 0.171 e. The van der Waals surface area contributed by atoms with Crippen LogP contribution in [0, 0.1) is 0 Å². The molecule has 0 atom stereocenters. The number of Topliss-reactive ketones (excluding diaryl/α,β-unsaturated/α-hetero) is 1. The number of rotatable bonds is 6. The quantitative estimate of drug-likeness (QED) is 0.764. The molecule has 4 nitrogen and oxygen atoms in total. The van der Waals surface area contributed by atoms with Crippen LogP contribution >= 0.6 is 11.3 Å². The molecule has 0 saturated carbocycles. The van der Waals surface area contributed by atoms with Crippen LogP contribution in [0.2, 0.25) is 0 Å². The van der Waals surface area contributed by atoms with Crippen molar-refractivity contribution >= 4 is 17.1 Å². The molecule has 2 aromatic rings. The molecular formula is C15H17NO3S. The van der Waals surface area contributed by atoms with Gasteiger partial charge in [0.25, 0.3) is 0 Å². The Morgan fingerprint density at radius 2 is 2.20 bits per heavy atom. The van der Waals surface area contributed by atoms with E-state index in [0.717, 1.165) is 16.3 Å². The van der Waals surface area contributed by atoms with Gasteiger partial charge in [0.2, 0.25) is 0 Å². The Bertz CT molecular complexity index is 607. The summed E-state index contributed by atoms with van der Waals surface area (Å²) in [5.41, 5.74) is 1.65. The molecule has 2 rings (SSSR count). The lowest BCUT2D eigenvalue weighted by Crippen LogP contribution is -1.97. The minimum atomic E-state index is 0.0155. The van der Waals surface area contributed by atoms with Gasteiger partial charge < -0.3 is 9.47 Å². The van der Waals surface area contributed by atoms with E-state index in [1.54, 1.807) is 14.0 Å². The molecule has 0 unspecified atom stereocenters. The molecule has 0 radical (unpaired) electrons. The lowest BCUT2D eigenvalue weighted by molar-refractivity contribution is 0.101. The monoisotopic (exact) mass is 291 g/mol. The molecule has 20 heavy (non-hydrogen) atoms. The van der Waals surface area contributed by atoms with Gasteiger partial charge in [0.05, 0.1) is 23.8 Å². The van der Waals surface area contributed by atoms with E-state index in [1.807, 2.05) is 31.2 Å². The molecule has 1 aromatic carbocycles. The van der Waals surface area contributed by atoms with Crippen molar-refractivity contribution in [3.8, 4) is 16.3 Å². The number of carbonyl (C=O) groups is 1. The molecule has 0 spiro atoms. The van der Waals surface area contributed by atoms with Crippen LogP contribution in [-0.2, 0) is 11.3 Å². The summed E-state index contributed by atoms with van der Waals surface area (Å²) in [6.07, 6.45) is 0. The number of aromatic nitrogens is 1. The van der Waals surface area contributed by atoms with Gasteiger partial charge in [-0.25, -0.2) is 4.98 Å². The van der Waals surface area contributed by atoms with Crippen molar-refractivity contribution in [2.24, 2.45) is 0 Å². The number of thiazole rings is 1. The molecule has 1 aromatic heterocycles.